The molecule has 0 aliphatic carbocycles. The van der Waals surface area contributed by atoms with E-state index in [2.05, 4.69) is 10.8 Å². The van der Waals surface area contributed by atoms with Crippen molar-refractivity contribution in [1.82, 2.24) is 0 Å². The fraction of sp³-hybridized carbons (Fsp3) is 0.800. The maximum Gasteiger partial charge on any atom is 0.305 e. The van der Waals surface area contributed by atoms with Crippen LogP contribution in [0.25, 0.3) is 0 Å². The summed E-state index contributed by atoms with van der Waals surface area (Å²) in [4.78, 5) is 11.0. The summed E-state index contributed by atoms with van der Waals surface area (Å²) in [5, 5.41) is 9.03. The summed E-state index contributed by atoms with van der Waals surface area (Å²) in [5.74, 6) is -0.310. The second kappa shape index (κ2) is 5.28. The van der Waals surface area contributed by atoms with Gasteiger partial charge in [-0.2, -0.15) is 5.26 Å². The second-order valence-corrected chi connectivity index (χ2v) is 9.06. The maximum atomic E-state index is 11.0. The summed E-state index contributed by atoms with van der Waals surface area (Å²) in [6.07, 6.45) is 0.589. The normalized spacial score (nSPS) is 15.2. The molecule has 0 N–H and O–H groups in total. The number of nitriles is 1. The topological polar surface area (TPSA) is 59.3 Å². The largest absolute Gasteiger partial charge is 0.469 e. The molecule has 0 fully saturated rings. The molecule has 0 bridgehead atoms. The number of hydrogen-bond acceptors (Lipinski definition) is 4. The van der Waals surface area contributed by atoms with Crippen LogP contribution in [-0.4, -0.2) is 27.0 Å². The maximum absolute atomic E-state index is 11.0. The van der Waals surface area contributed by atoms with Crippen LogP contribution in [-0.2, 0) is 14.0 Å². The van der Waals surface area contributed by atoms with Crippen LogP contribution in [0.5, 0.6) is 0 Å². The van der Waals surface area contributed by atoms with Gasteiger partial charge in [0.1, 0.15) is 5.60 Å². The lowest BCUT2D eigenvalue weighted by Gasteiger charge is -2.30. The Labute approximate surface area is 92.3 Å². The van der Waals surface area contributed by atoms with E-state index in [0.29, 0.717) is 6.42 Å². The van der Waals surface area contributed by atoms with E-state index in [-0.39, 0.29) is 12.4 Å². The smallest absolute Gasteiger partial charge is 0.305 e. The van der Waals surface area contributed by atoms with Gasteiger partial charge in [-0.25, -0.2) is 0 Å². The first-order chi connectivity index (χ1) is 6.72. The van der Waals surface area contributed by atoms with Crippen molar-refractivity contribution < 1.29 is 14.0 Å². The van der Waals surface area contributed by atoms with E-state index < -0.39 is 13.9 Å². The Morgan fingerprint density at radius 3 is 2.33 bits per heavy atom. The molecule has 4 nitrogen and oxygen atoms in total. The van der Waals surface area contributed by atoms with Crippen LogP contribution < -0.4 is 0 Å². The quantitative estimate of drug-likeness (QED) is 0.535. The molecule has 86 valence electrons. The Kier molecular flexibility index (Phi) is 4.98. The first kappa shape index (κ1) is 14.1. The lowest BCUT2D eigenvalue weighted by molar-refractivity contribution is -0.141. The highest BCUT2D eigenvalue weighted by Crippen LogP contribution is 2.22. The molecule has 0 aromatic rings. The van der Waals surface area contributed by atoms with Crippen molar-refractivity contribution in [2.75, 3.05) is 7.11 Å². The number of esters is 1. The minimum Gasteiger partial charge on any atom is -0.469 e. The molecule has 0 radical (unpaired) electrons. The van der Waals surface area contributed by atoms with Gasteiger partial charge >= 0.3 is 5.97 Å². The molecule has 0 spiro atoms. The minimum absolute atomic E-state index is 0.213. The fourth-order valence-electron chi connectivity index (χ4n) is 1.25. The molecular weight excluding hydrogens is 210 g/mol. The van der Waals surface area contributed by atoms with Crippen molar-refractivity contribution in [2.45, 2.75) is 45.0 Å². The predicted octanol–water partition coefficient (Wildman–Crippen LogP) is 2.07. The first-order valence-electron chi connectivity index (χ1n) is 4.91. The molecule has 0 aromatic carbocycles. The van der Waals surface area contributed by atoms with E-state index >= 15 is 0 Å². The summed E-state index contributed by atoms with van der Waals surface area (Å²) < 4.78 is 10.3. The van der Waals surface area contributed by atoms with E-state index in [0.717, 1.165) is 0 Å². The third kappa shape index (κ3) is 6.26. The number of hydrogen-bond donors (Lipinski definition) is 0. The van der Waals surface area contributed by atoms with Crippen molar-refractivity contribution in [3.63, 3.8) is 0 Å². The highest BCUT2D eigenvalue weighted by Gasteiger charge is 2.32. The molecule has 0 aromatic heterocycles. The lowest BCUT2D eigenvalue weighted by Crippen LogP contribution is -2.39. The van der Waals surface area contributed by atoms with Crippen LogP contribution in [0.2, 0.25) is 19.6 Å². The van der Waals surface area contributed by atoms with Crippen LogP contribution in [0.1, 0.15) is 19.8 Å². The van der Waals surface area contributed by atoms with Crippen molar-refractivity contribution in [3.8, 4) is 6.07 Å². The molecule has 0 saturated carbocycles. The van der Waals surface area contributed by atoms with E-state index in [1.165, 1.54) is 7.11 Å². The SMILES string of the molecule is COC(=O)CCC(C)(C#N)O[Si](C)(C)C. The number of nitrogens with zero attached hydrogens (tertiary/aromatic N) is 1. The Hall–Kier alpha value is -0.863. The highest BCUT2D eigenvalue weighted by molar-refractivity contribution is 6.69. The van der Waals surface area contributed by atoms with Crippen molar-refractivity contribution in [3.05, 3.63) is 0 Å². The lowest BCUT2D eigenvalue weighted by atomic mass is 10.0. The molecule has 0 aliphatic rings. The molecule has 0 heterocycles. The molecule has 1 unspecified atom stereocenters. The molecule has 0 saturated heterocycles. The van der Waals surface area contributed by atoms with Gasteiger partial charge in [0.15, 0.2) is 8.32 Å². The van der Waals surface area contributed by atoms with Crippen LogP contribution in [0.4, 0.5) is 0 Å². The van der Waals surface area contributed by atoms with Gasteiger partial charge in [0.05, 0.1) is 13.2 Å². The zero-order valence-corrected chi connectivity index (χ0v) is 11.1. The van der Waals surface area contributed by atoms with Crippen LogP contribution in [0.3, 0.4) is 0 Å². The van der Waals surface area contributed by atoms with Gasteiger partial charge in [-0.3, -0.25) is 4.79 Å². The zero-order valence-electron chi connectivity index (χ0n) is 10.1. The van der Waals surface area contributed by atoms with Gasteiger partial charge in [0, 0.05) is 6.42 Å². The molecule has 0 amide bonds. The molecule has 1 atom stereocenters. The summed E-state index contributed by atoms with van der Waals surface area (Å²) >= 11 is 0. The summed E-state index contributed by atoms with van der Waals surface area (Å²) in [6.45, 7) is 7.76. The van der Waals surface area contributed by atoms with Crippen LogP contribution in [0.15, 0.2) is 0 Å². The van der Waals surface area contributed by atoms with Crippen LogP contribution >= 0.6 is 0 Å². The first-order valence-corrected chi connectivity index (χ1v) is 8.31. The number of carbonyl (C=O) groups is 1. The highest BCUT2D eigenvalue weighted by atomic mass is 28.4. The summed E-state index contributed by atoms with van der Waals surface area (Å²) in [6, 6.07) is 2.12. The Bertz CT molecular complexity index is 267. The van der Waals surface area contributed by atoms with E-state index in [1.807, 2.05) is 19.6 Å². The van der Waals surface area contributed by atoms with Gasteiger partial charge in [0.25, 0.3) is 0 Å². The zero-order chi connectivity index (χ0) is 12.1. The molecular formula is C10H19NO3Si. The van der Waals surface area contributed by atoms with Gasteiger partial charge in [-0.1, -0.05) is 0 Å². The number of carbonyl (C=O) groups excluding carboxylic acids is 1. The van der Waals surface area contributed by atoms with Crippen LogP contribution in [0, 0.1) is 11.3 Å². The molecule has 0 rings (SSSR count). The minimum atomic E-state index is -1.77. The van der Waals surface area contributed by atoms with Gasteiger partial charge < -0.3 is 9.16 Å². The summed E-state index contributed by atoms with van der Waals surface area (Å²) in [5.41, 5.74) is -0.876. The standard InChI is InChI=1S/C10H19NO3Si/c1-10(8-11,14-15(3,4)5)7-6-9(12)13-2/h6-7H2,1-5H3. The average molecular weight is 229 g/mol. The van der Waals surface area contributed by atoms with Gasteiger partial charge in [-0.15, -0.1) is 0 Å². The Morgan fingerprint density at radius 1 is 1.47 bits per heavy atom. The Morgan fingerprint density at radius 2 is 2.00 bits per heavy atom. The van der Waals surface area contributed by atoms with Gasteiger partial charge in [0.2, 0.25) is 0 Å². The Balaban J connectivity index is 4.34. The number of methoxy groups -OCH3 is 1. The van der Waals surface area contributed by atoms with Crippen molar-refractivity contribution in [2.24, 2.45) is 0 Å². The van der Waals surface area contributed by atoms with E-state index in [1.54, 1.807) is 6.92 Å². The fourth-order valence-corrected chi connectivity index (χ4v) is 2.75. The summed E-state index contributed by atoms with van der Waals surface area (Å²) in [7, 11) is -0.432. The molecule has 5 heteroatoms. The average Bonchev–Trinajstić information content (AvgIpc) is 2.11. The van der Waals surface area contributed by atoms with Gasteiger partial charge in [-0.05, 0) is 33.0 Å². The second-order valence-electron chi connectivity index (χ2n) is 4.63. The number of ether oxygens (including phenoxy) is 1. The monoisotopic (exact) mass is 229 g/mol. The van der Waals surface area contributed by atoms with Crippen molar-refractivity contribution in [1.29, 1.82) is 5.26 Å². The third-order valence-electron chi connectivity index (χ3n) is 1.80. The van der Waals surface area contributed by atoms with E-state index in [4.69, 9.17) is 9.69 Å². The van der Waals surface area contributed by atoms with Crippen molar-refractivity contribution >= 4 is 14.3 Å². The van der Waals surface area contributed by atoms with E-state index in [9.17, 15) is 4.79 Å². The third-order valence-corrected chi connectivity index (χ3v) is 2.86. The molecule has 15 heavy (non-hydrogen) atoms. The molecule has 0 aliphatic heterocycles. The predicted molar refractivity (Wildman–Crippen MR) is 59.7 cm³/mol. The number of rotatable bonds is 5.